The highest BCUT2D eigenvalue weighted by atomic mass is 16.5. The van der Waals surface area contributed by atoms with Crippen LogP contribution in [-0.4, -0.2) is 23.1 Å². The number of hydrogen-bond acceptors (Lipinski definition) is 3. The molecule has 0 radical (unpaired) electrons. The molecule has 0 spiro atoms. The third-order valence-corrected chi connectivity index (χ3v) is 3.47. The maximum atomic E-state index is 12.2. The molecule has 0 aliphatic heterocycles. The van der Waals surface area contributed by atoms with E-state index in [4.69, 9.17) is 9.84 Å². The zero-order valence-corrected chi connectivity index (χ0v) is 13.0. The Morgan fingerprint density at radius 1 is 1.14 bits per heavy atom. The summed E-state index contributed by atoms with van der Waals surface area (Å²) in [4.78, 5) is 23.4. The van der Waals surface area contributed by atoms with Gasteiger partial charge in [-0.15, -0.1) is 0 Å². The van der Waals surface area contributed by atoms with E-state index in [0.717, 1.165) is 25.7 Å². The number of unbranched alkanes of at least 4 members (excludes halogenated alkanes) is 2. The monoisotopic (exact) mass is 292 g/mol. The fourth-order valence-electron chi connectivity index (χ4n) is 2.17. The van der Waals surface area contributed by atoms with Crippen molar-refractivity contribution in [3.05, 3.63) is 35.4 Å². The predicted molar refractivity (Wildman–Crippen MR) is 81.6 cm³/mol. The molecule has 0 aliphatic rings. The van der Waals surface area contributed by atoms with Gasteiger partial charge in [-0.2, -0.15) is 0 Å². The smallest absolute Gasteiger partial charge is 0.339 e. The number of aromatic carboxylic acids is 1. The molecule has 4 heteroatoms. The second kappa shape index (κ2) is 8.45. The number of carbonyl (C=O) groups excluding carboxylic acids is 1. The van der Waals surface area contributed by atoms with Gasteiger partial charge >= 0.3 is 11.9 Å². The topological polar surface area (TPSA) is 63.6 Å². The van der Waals surface area contributed by atoms with Crippen LogP contribution < -0.4 is 0 Å². The van der Waals surface area contributed by atoms with Crippen molar-refractivity contribution in [1.29, 1.82) is 0 Å². The molecule has 1 aromatic carbocycles. The number of benzene rings is 1. The number of carboxylic acids is 1. The molecule has 0 saturated carbocycles. The van der Waals surface area contributed by atoms with E-state index in [2.05, 4.69) is 6.92 Å². The first-order valence-corrected chi connectivity index (χ1v) is 7.50. The fourth-order valence-corrected chi connectivity index (χ4v) is 2.17. The highest BCUT2D eigenvalue weighted by Crippen LogP contribution is 2.18. The summed E-state index contributed by atoms with van der Waals surface area (Å²) in [6.07, 6.45) is 3.86. The SMILES string of the molecule is CCCCC[C@@H](OC(=O)c1ccccc1C(=O)O)C(C)C. The van der Waals surface area contributed by atoms with E-state index in [0.29, 0.717) is 0 Å². The van der Waals surface area contributed by atoms with Crippen LogP contribution in [0.1, 0.15) is 67.2 Å². The van der Waals surface area contributed by atoms with Crippen LogP contribution in [-0.2, 0) is 4.74 Å². The summed E-state index contributed by atoms with van der Waals surface area (Å²) < 4.78 is 5.53. The van der Waals surface area contributed by atoms with Crippen molar-refractivity contribution in [2.75, 3.05) is 0 Å². The van der Waals surface area contributed by atoms with Crippen LogP contribution in [0.4, 0.5) is 0 Å². The zero-order valence-electron chi connectivity index (χ0n) is 13.0. The summed E-state index contributed by atoms with van der Waals surface area (Å²) in [5.74, 6) is -1.46. The Kier molecular flexibility index (Phi) is 6.92. The summed E-state index contributed by atoms with van der Waals surface area (Å²) in [5.41, 5.74) is 0.102. The first-order valence-electron chi connectivity index (χ1n) is 7.50. The number of rotatable bonds is 8. The Balaban J connectivity index is 2.80. The summed E-state index contributed by atoms with van der Waals surface area (Å²) in [7, 11) is 0. The molecule has 116 valence electrons. The number of esters is 1. The van der Waals surface area contributed by atoms with E-state index < -0.39 is 11.9 Å². The quantitative estimate of drug-likeness (QED) is 0.577. The minimum atomic E-state index is -1.12. The molecule has 0 saturated heterocycles. The Bertz CT molecular complexity index is 479. The van der Waals surface area contributed by atoms with E-state index in [1.807, 2.05) is 13.8 Å². The van der Waals surface area contributed by atoms with Crippen molar-refractivity contribution in [1.82, 2.24) is 0 Å². The van der Waals surface area contributed by atoms with Gasteiger partial charge in [0, 0.05) is 0 Å². The highest BCUT2D eigenvalue weighted by molar-refractivity contribution is 6.02. The van der Waals surface area contributed by atoms with Gasteiger partial charge in [-0.1, -0.05) is 45.7 Å². The van der Waals surface area contributed by atoms with E-state index in [9.17, 15) is 9.59 Å². The van der Waals surface area contributed by atoms with Gasteiger partial charge in [0.1, 0.15) is 6.10 Å². The molecule has 0 aliphatic carbocycles. The van der Waals surface area contributed by atoms with Gasteiger partial charge in [-0.3, -0.25) is 0 Å². The molecule has 0 bridgehead atoms. The van der Waals surface area contributed by atoms with Crippen molar-refractivity contribution in [3.63, 3.8) is 0 Å². The lowest BCUT2D eigenvalue weighted by molar-refractivity contribution is 0.0148. The minimum Gasteiger partial charge on any atom is -0.478 e. The van der Waals surface area contributed by atoms with E-state index >= 15 is 0 Å². The minimum absolute atomic E-state index is 0.0152. The fraction of sp³-hybridized carbons (Fsp3) is 0.529. The van der Waals surface area contributed by atoms with Gasteiger partial charge in [0.2, 0.25) is 0 Å². The van der Waals surface area contributed by atoms with Crippen LogP contribution in [0, 0.1) is 5.92 Å². The number of ether oxygens (including phenoxy) is 1. The summed E-state index contributed by atoms with van der Waals surface area (Å²) >= 11 is 0. The van der Waals surface area contributed by atoms with Gasteiger partial charge in [0.25, 0.3) is 0 Å². The second-order valence-corrected chi connectivity index (χ2v) is 5.53. The first kappa shape index (κ1) is 17.2. The number of hydrogen-bond donors (Lipinski definition) is 1. The average Bonchev–Trinajstić information content (AvgIpc) is 2.46. The number of carboxylic acid groups (broad SMARTS) is 1. The van der Waals surface area contributed by atoms with Crippen molar-refractivity contribution < 1.29 is 19.4 Å². The first-order chi connectivity index (χ1) is 9.97. The lowest BCUT2D eigenvalue weighted by Gasteiger charge is -2.21. The van der Waals surface area contributed by atoms with Crippen LogP contribution in [0.3, 0.4) is 0 Å². The third-order valence-electron chi connectivity index (χ3n) is 3.47. The molecule has 4 nitrogen and oxygen atoms in total. The summed E-state index contributed by atoms with van der Waals surface area (Å²) in [6, 6.07) is 6.15. The largest absolute Gasteiger partial charge is 0.478 e. The van der Waals surface area contributed by atoms with Crippen LogP contribution in [0.5, 0.6) is 0 Å². The van der Waals surface area contributed by atoms with Crippen LogP contribution >= 0.6 is 0 Å². The van der Waals surface area contributed by atoms with Crippen molar-refractivity contribution in [2.24, 2.45) is 5.92 Å². The van der Waals surface area contributed by atoms with E-state index in [-0.39, 0.29) is 23.1 Å². The molecule has 0 aromatic heterocycles. The van der Waals surface area contributed by atoms with Gasteiger partial charge < -0.3 is 9.84 Å². The predicted octanol–water partition coefficient (Wildman–Crippen LogP) is 4.15. The van der Waals surface area contributed by atoms with Crippen LogP contribution in [0.15, 0.2) is 24.3 Å². The molecule has 0 heterocycles. The molecule has 0 fully saturated rings. The van der Waals surface area contributed by atoms with Crippen LogP contribution in [0.25, 0.3) is 0 Å². The molecule has 1 atom stereocenters. The standard InChI is InChI=1S/C17H24O4/c1-4-5-6-11-15(12(2)3)21-17(20)14-10-8-7-9-13(14)16(18)19/h7-10,12,15H,4-6,11H2,1-3H3,(H,18,19)/t15-/m1/s1. The molecular weight excluding hydrogens is 268 g/mol. The Hall–Kier alpha value is -1.84. The molecule has 1 N–H and O–H groups in total. The lowest BCUT2D eigenvalue weighted by atomic mass is 10.0. The third kappa shape index (κ3) is 5.21. The molecule has 1 rings (SSSR count). The highest BCUT2D eigenvalue weighted by Gasteiger charge is 2.22. The number of carbonyl (C=O) groups is 2. The lowest BCUT2D eigenvalue weighted by Crippen LogP contribution is -2.24. The van der Waals surface area contributed by atoms with Gasteiger partial charge in [-0.25, -0.2) is 9.59 Å². The average molecular weight is 292 g/mol. The summed E-state index contributed by atoms with van der Waals surface area (Å²) in [5, 5.41) is 9.12. The molecule has 1 aromatic rings. The van der Waals surface area contributed by atoms with Crippen molar-refractivity contribution in [3.8, 4) is 0 Å². The zero-order chi connectivity index (χ0) is 15.8. The maximum absolute atomic E-state index is 12.2. The normalized spacial score (nSPS) is 12.2. The van der Waals surface area contributed by atoms with E-state index in [1.165, 1.54) is 12.1 Å². The second-order valence-electron chi connectivity index (χ2n) is 5.53. The van der Waals surface area contributed by atoms with Crippen LogP contribution in [0.2, 0.25) is 0 Å². The van der Waals surface area contributed by atoms with Crippen molar-refractivity contribution in [2.45, 2.75) is 52.6 Å². The Morgan fingerprint density at radius 2 is 1.76 bits per heavy atom. The Labute approximate surface area is 126 Å². The van der Waals surface area contributed by atoms with Gasteiger partial charge in [-0.05, 0) is 30.9 Å². The van der Waals surface area contributed by atoms with Gasteiger partial charge in [0.15, 0.2) is 0 Å². The van der Waals surface area contributed by atoms with Crippen molar-refractivity contribution >= 4 is 11.9 Å². The summed E-state index contributed by atoms with van der Waals surface area (Å²) in [6.45, 7) is 6.14. The maximum Gasteiger partial charge on any atom is 0.339 e. The molecule has 21 heavy (non-hydrogen) atoms. The van der Waals surface area contributed by atoms with Gasteiger partial charge in [0.05, 0.1) is 11.1 Å². The van der Waals surface area contributed by atoms with E-state index in [1.54, 1.807) is 12.1 Å². The molecule has 0 unspecified atom stereocenters. The molecule has 0 amide bonds. The Morgan fingerprint density at radius 3 is 2.29 bits per heavy atom. The molecular formula is C17H24O4.